The second kappa shape index (κ2) is 7.03. The van der Waals surface area contributed by atoms with Gasteiger partial charge in [-0.05, 0) is 56.4 Å². The van der Waals surface area contributed by atoms with Gasteiger partial charge >= 0.3 is 11.9 Å². The molecule has 1 fully saturated rings. The van der Waals surface area contributed by atoms with E-state index in [-0.39, 0.29) is 23.8 Å². The molecule has 2 aliphatic carbocycles. The number of carbonyl (C=O) groups is 2. The van der Waals surface area contributed by atoms with Crippen LogP contribution in [0.4, 0.5) is 0 Å². The lowest BCUT2D eigenvalue weighted by Crippen LogP contribution is -2.39. The van der Waals surface area contributed by atoms with Gasteiger partial charge in [-0.1, -0.05) is 47.5 Å². The Morgan fingerprint density at radius 3 is 1.44 bits per heavy atom. The minimum atomic E-state index is -0.505. The molecular weight excluding hydrogens is 340 g/mol. The molecule has 0 spiro atoms. The summed E-state index contributed by atoms with van der Waals surface area (Å²) in [4.78, 5) is 25.9. The fourth-order valence-electron chi connectivity index (χ4n) is 4.51. The van der Waals surface area contributed by atoms with Crippen molar-refractivity contribution < 1.29 is 19.1 Å². The van der Waals surface area contributed by atoms with Crippen LogP contribution in [0, 0.1) is 23.7 Å². The van der Waals surface area contributed by atoms with E-state index in [1.54, 1.807) is 24.3 Å². The number of allylic oxidation sites excluding steroid dienone is 2. The van der Waals surface area contributed by atoms with Gasteiger partial charge in [-0.15, -0.1) is 0 Å². The van der Waals surface area contributed by atoms with Crippen molar-refractivity contribution in [2.24, 2.45) is 23.7 Å². The Hall–Kier alpha value is -2.88. The van der Waals surface area contributed by atoms with E-state index >= 15 is 0 Å². The molecule has 0 aromatic heterocycles. The van der Waals surface area contributed by atoms with Gasteiger partial charge in [0.15, 0.2) is 0 Å². The Bertz CT molecular complexity index is 812. The van der Waals surface area contributed by atoms with E-state index < -0.39 is 11.8 Å². The summed E-state index contributed by atoms with van der Waals surface area (Å²) in [6.07, 6.45) is 0.806. The summed E-state index contributed by atoms with van der Waals surface area (Å²) in [7, 11) is 0. The minimum absolute atomic E-state index is 0.0412. The van der Waals surface area contributed by atoms with Crippen molar-refractivity contribution in [1.82, 2.24) is 0 Å². The third-order valence-corrected chi connectivity index (χ3v) is 5.96. The van der Waals surface area contributed by atoms with Gasteiger partial charge in [-0.3, -0.25) is 9.59 Å². The van der Waals surface area contributed by atoms with Crippen molar-refractivity contribution in [3.8, 4) is 11.5 Å². The zero-order valence-corrected chi connectivity index (χ0v) is 15.4. The molecule has 0 aliphatic heterocycles. The van der Waals surface area contributed by atoms with Gasteiger partial charge in [0.2, 0.25) is 0 Å². The number of ether oxygens (including phenoxy) is 2. The number of hydrogen-bond donors (Lipinski definition) is 0. The first-order valence-corrected chi connectivity index (χ1v) is 9.27. The summed E-state index contributed by atoms with van der Waals surface area (Å²) >= 11 is 0. The zero-order valence-electron chi connectivity index (χ0n) is 15.4. The highest BCUT2D eigenvalue weighted by atomic mass is 16.5. The van der Waals surface area contributed by atoms with Crippen LogP contribution in [0.3, 0.4) is 0 Å². The van der Waals surface area contributed by atoms with Crippen LogP contribution in [-0.2, 0) is 9.59 Å². The molecule has 0 amide bonds. The van der Waals surface area contributed by atoms with Crippen LogP contribution in [0.25, 0.3) is 0 Å². The van der Waals surface area contributed by atoms with E-state index in [9.17, 15) is 9.59 Å². The molecule has 4 rings (SSSR count). The van der Waals surface area contributed by atoms with Crippen LogP contribution in [0.5, 0.6) is 11.5 Å². The van der Waals surface area contributed by atoms with Crippen molar-refractivity contribution in [2.45, 2.75) is 20.3 Å². The minimum Gasteiger partial charge on any atom is -0.426 e. The van der Waals surface area contributed by atoms with E-state index in [0.717, 1.165) is 6.42 Å². The first-order valence-electron chi connectivity index (χ1n) is 9.27. The molecule has 4 heteroatoms. The van der Waals surface area contributed by atoms with Crippen molar-refractivity contribution in [3.05, 3.63) is 71.8 Å². The Morgan fingerprint density at radius 1 is 0.704 bits per heavy atom. The van der Waals surface area contributed by atoms with Crippen LogP contribution in [0.15, 0.2) is 71.8 Å². The van der Waals surface area contributed by atoms with Gasteiger partial charge in [0.25, 0.3) is 0 Å². The normalized spacial score (nSPS) is 26.1. The smallest absolute Gasteiger partial charge is 0.315 e. The molecule has 2 aromatic rings. The highest BCUT2D eigenvalue weighted by molar-refractivity contribution is 5.87. The number of esters is 2. The first kappa shape index (κ1) is 17.5. The van der Waals surface area contributed by atoms with E-state index in [0.29, 0.717) is 11.5 Å². The topological polar surface area (TPSA) is 52.6 Å². The number of fused-ring (bicyclic) bond motifs is 2. The van der Waals surface area contributed by atoms with Crippen molar-refractivity contribution in [1.29, 1.82) is 0 Å². The van der Waals surface area contributed by atoms with Gasteiger partial charge in [0.05, 0.1) is 11.8 Å². The first-order chi connectivity index (χ1) is 13.1. The van der Waals surface area contributed by atoms with Crippen LogP contribution < -0.4 is 9.47 Å². The predicted molar refractivity (Wildman–Crippen MR) is 101 cm³/mol. The average molecular weight is 362 g/mol. The highest BCUT2D eigenvalue weighted by Gasteiger charge is 2.57. The maximum absolute atomic E-state index is 13.0. The maximum Gasteiger partial charge on any atom is 0.315 e. The molecule has 0 N–H and O–H groups in total. The van der Waals surface area contributed by atoms with E-state index in [1.807, 2.05) is 36.4 Å². The van der Waals surface area contributed by atoms with Gasteiger partial charge in [-0.25, -0.2) is 0 Å². The van der Waals surface area contributed by atoms with E-state index in [2.05, 4.69) is 13.8 Å². The number of rotatable bonds is 4. The largest absolute Gasteiger partial charge is 0.426 e. The Labute approximate surface area is 158 Å². The van der Waals surface area contributed by atoms with Crippen LogP contribution in [0.2, 0.25) is 0 Å². The second-order valence-corrected chi connectivity index (χ2v) is 7.33. The third kappa shape index (κ3) is 3.16. The molecule has 0 saturated heterocycles. The highest BCUT2D eigenvalue weighted by Crippen LogP contribution is 2.55. The van der Waals surface area contributed by atoms with Gasteiger partial charge in [-0.2, -0.15) is 0 Å². The van der Waals surface area contributed by atoms with Crippen LogP contribution in [-0.4, -0.2) is 11.9 Å². The average Bonchev–Trinajstić information content (AvgIpc) is 3.20. The SMILES string of the molecule is CC1=C(C)C2CC1C(C(=O)Oc1ccccc1)C2C(=O)Oc1ccccc1. The lowest BCUT2D eigenvalue weighted by molar-refractivity contribution is -0.151. The summed E-state index contributed by atoms with van der Waals surface area (Å²) in [5.41, 5.74) is 2.41. The molecule has 0 radical (unpaired) electrons. The molecule has 1 saturated carbocycles. The summed E-state index contributed by atoms with van der Waals surface area (Å²) in [5.74, 6) is -0.631. The molecule has 2 bridgehead atoms. The standard InChI is InChI=1S/C23H22O4/c1-14-15(2)19-13-18(14)20(22(24)26-16-9-5-3-6-10-16)21(19)23(25)27-17-11-7-4-8-12-17/h3-12,18-21H,13H2,1-2H3. The lowest BCUT2D eigenvalue weighted by Gasteiger charge is -2.29. The van der Waals surface area contributed by atoms with Gasteiger partial charge < -0.3 is 9.47 Å². The Morgan fingerprint density at radius 2 is 1.07 bits per heavy atom. The van der Waals surface area contributed by atoms with Crippen molar-refractivity contribution in [2.75, 3.05) is 0 Å². The second-order valence-electron chi connectivity index (χ2n) is 7.33. The summed E-state index contributed by atoms with van der Waals surface area (Å²) in [6, 6.07) is 18.0. The predicted octanol–water partition coefficient (Wildman–Crippen LogP) is 4.42. The van der Waals surface area contributed by atoms with Gasteiger partial charge in [0, 0.05) is 0 Å². The maximum atomic E-state index is 13.0. The summed E-state index contributed by atoms with van der Waals surface area (Å²) in [6.45, 7) is 4.11. The number of carbonyl (C=O) groups excluding carboxylic acids is 2. The van der Waals surface area contributed by atoms with E-state index in [4.69, 9.17) is 9.47 Å². The van der Waals surface area contributed by atoms with Crippen LogP contribution >= 0.6 is 0 Å². The quantitative estimate of drug-likeness (QED) is 0.459. The molecular formula is C23H22O4. The fraction of sp³-hybridized carbons (Fsp3) is 0.304. The molecule has 4 atom stereocenters. The molecule has 2 aromatic carbocycles. The van der Waals surface area contributed by atoms with Crippen molar-refractivity contribution in [3.63, 3.8) is 0 Å². The molecule has 4 unspecified atom stereocenters. The molecule has 0 heterocycles. The summed E-state index contributed by atoms with van der Waals surface area (Å²) in [5, 5.41) is 0. The fourth-order valence-corrected chi connectivity index (χ4v) is 4.51. The van der Waals surface area contributed by atoms with Crippen LogP contribution in [0.1, 0.15) is 20.3 Å². The Kier molecular flexibility index (Phi) is 4.56. The van der Waals surface area contributed by atoms with E-state index in [1.165, 1.54) is 11.1 Å². The zero-order chi connectivity index (χ0) is 19.0. The molecule has 27 heavy (non-hydrogen) atoms. The number of benzene rings is 2. The van der Waals surface area contributed by atoms with Crippen molar-refractivity contribution >= 4 is 11.9 Å². The molecule has 4 nitrogen and oxygen atoms in total. The Balaban J connectivity index is 1.60. The molecule has 2 aliphatic rings. The monoisotopic (exact) mass is 362 g/mol. The molecule has 138 valence electrons. The lowest BCUT2D eigenvalue weighted by atomic mass is 9.76. The summed E-state index contributed by atoms with van der Waals surface area (Å²) < 4.78 is 11.2. The third-order valence-electron chi connectivity index (χ3n) is 5.96. The number of hydrogen-bond acceptors (Lipinski definition) is 4. The van der Waals surface area contributed by atoms with Gasteiger partial charge in [0.1, 0.15) is 11.5 Å². The number of para-hydroxylation sites is 2.